The first-order chi connectivity index (χ1) is 7.72. The van der Waals surface area contributed by atoms with Crippen molar-refractivity contribution in [3.8, 4) is 0 Å². The number of hydrogen-bond donors (Lipinski definition) is 1. The minimum absolute atomic E-state index is 0.0167. The van der Waals surface area contributed by atoms with Crippen molar-refractivity contribution < 1.29 is 10.0 Å². The molecule has 1 aromatic heterocycles. The van der Waals surface area contributed by atoms with E-state index in [1.165, 1.54) is 0 Å². The topological polar surface area (TPSA) is 70.7 Å². The highest BCUT2D eigenvalue weighted by atomic mass is 16.4. The third kappa shape index (κ3) is 1.91. The van der Waals surface area contributed by atoms with E-state index in [-0.39, 0.29) is 5.91 Å². The summed E-state index contributed by atoms with van der Waals surface area (Å²) in [4.78, 5) is 13.8. The summed E-state index contributed by atoms with van der Waals surface area (Å²) in [5.41, 5.74) is 1.35. The maximum Gasteiger partial charge on any atom is 0.272 e. The minimum atomic E-state index is -0.0167. The average Bonchev–Trinajstić information content (AvgIpc) is 2.75. The highest BCUT2D eigenvalue weighted by Gasteiger charge is 2.22. The van der Waals surface area contributed by atoms with Crippen LogP contribution in [0, 0.1) is 0 Å². The van der Waals surface area contributed by atoms with Gasteiger partial charge in [0.25, 0.3) is 5.91 Å². The molecule has 1 fully saturated rings. The summed E-state index contributed by atoms with van der Waals surface area (Å²) in [5, 5.41) is 15.8. The van der Waals surface area contributed by atoms with E-state index < -0.39 is 0 Å². The molecule has 0 atom stereocenters. The summed E-state index contributed by atoms with van der Waals surface area (Å²) in [6.07, 6.45) is 2.89. The summed E-state index contributed by atoms with van der Waals surface area (Å²) in [6, 6.07) is 1.71. The Hall–Kier alpha value is -1.85. The maximum atomic E-state index is 12.0. The molecule has 0 saturated carbocycles. The van der Waals surface area contributed by atoms with Crippen molar-refractivity contribution in [3.63, 3.8) is 0 Å². The summed E-state index contributed by atoms with van der Waals surface area (Å²) in [5.74, 6) is -0.0167. The van der Waals surface area contributed by atoms with Crippen molar-refractivity contribution in [3.05, 3.63) is 18.0 Å². The lowest BCUT2D eigenvalue weighted by Gasteiger charge is -2.26. The van der Waals surface area contributed by atoms with Gasteiger partial charge in [0.2, 0.25) is 0 Å². The zero-order valence-corrected chi connectivity index (χ0v) is 9.13. The highest BCUT2D eigenvalue weighted by molar-refractivity contribution is 5.94. The zero-order valence-electron chi connectivity index (χ0n) is 9.13. The molecule has 86 valence electrons. The second-order valence-electron chi connectivity index (χ2n) is 3.80. The van der Waals surface area contributed by atoms with E-state index in [1.807, 2.05) is 0 Å². The van der Waals surface area contributed by atoms with Crippen LogP contribution in [-0.2, 0) is 7.05 Å². The number of hydrogen-bond acceptors (Lipinski definition) is 4. The van der Waals surface area contributed by atoms with Crippen molar-refractivity contribution in [1.29, 1.82) is 0 Å². The van der Waals surface area contributed by atoms with Gasteiger partial charge in [-0.1, -0.05) is 5.16 Å². The molecule has 0 spiro atoms. The molecule has 6 heteroatoms. The van der Waals surface area contributed by atoms with Crippen molar-refractivity contribution in [2.24, 2.45) is 12.2 Å². The van der Waals surface area contributed by atoms with E-state index in [0.717, 1.165) is 5.71 Å². The first kappa shape index (κ1) is 10.7. The molecule has 6 nitrogen and oxygen atoms in total. The van der Waals surface area contributed by atoms with Crippen LogP contribution in [0.3, 0.4) is 0 Å². The van der Waals surface area contributed by atoms with Crippen LogP contribution in [0.15, 0.2) is 17.4 Å². The Balaban J connectivity index is 2.05. The van der Waals surface area contributed by atoms with Crippen molar-refractivity contribution in [1.82, 2.24) is 14.7 Å². The fourth-order valence-electron chi connectivity index (χ4n) is 1.81. The predicted molar refractivity (Wildman–Crippen MR) is 57.6 cm³/mol. The molecule has 0 radical (unpaired) electrons. The van der Waals surface area contributed by atoms with Crippen LogP contribution >= 0.6 is 0 Å². The predicted octanol–water partition coefficient (Wildman–Crippen LogP) is 0.486. The third-order valence-corrected chi connectivity index (χ3v) is 2.81. The number of aromatic nitrogens is 2. The number of carbonyl (C=O) groups is 1. The lowest BCUT2D eigenvalue weighted by Crippen LogP contribution is -2.39. The minimum Gasteiger partial charge on any atom is -0.411 e. The molecule has 16 heavy (non-hydrogen) atoms. The number of oxime groups is 1. The van der Waals surface area contributed by atoms with E-state index in [0.29, 0.717) is 31.6 Å². The number of aryl methyl sites for hydroxylation is 1. The molecule has 1 saturated heterocycles. The second kappa shape index (κ2) is 4.34. The molecule has 0 bridgehead atoms. The Morgan fingerprint density at radius 1 is 1.50 bits per heavy atom. The second-order valence-corrected chi connectivity index (χ2v) is 3.80. The molecular formula is C10H14N4O2. The summed E-state index contributed by atoms with van der Waals surface area (Å²) in [7, 11) is 1.75. The van der Waals surface area contributed by atoms with E-state index in [4.69, 9.17) is 5.21 Å². The molecule has 2 heterocycles. The molecule has 1 aliphatic rings. The maximum absolute atomic E-state index is 12.0. The van der Waals surface area contributed by atoms with Crippen molar-refractivity contribution in [2.45, 2.75) is 12.8 Å². The lowest BCUT2D eigenvalue weighted by atomic mass is 10.1. The normalized spacial score (nSPS) is 16.3. The number of rotatable bonds is 1. The number of nitrogens with zero attached hydrogens (tertiary/aromatic N) is 4. The molecule has 1 N–H and O–H groups in total. The Morgan fingerprint density at radius 2 is 2.19 bits per heavy atom. The van der Waals surface area contributed by atoms with Gasteiger partial charge in [0, 0.05) is 39.2 Å². The Bertz CT molecular complexity index is 414. The SMILES string of the molecule is Cn1nccc1C(=O)N1CCC(=NO)CC1. The monoisotopic (exact) mass is 222 g/mol. The van der Waals surface area contributed by atoms with Gasteiger partial charge in [0.05, 0.1) is 5.71 Å². The number of piperidine rings is 1. The average molecular weight is 222 g/mol. The van der Waals surface area contributed by atoms with Gasteiger partial charge in [0.1, 0.15) is 5.69 Å². The summed E-state index contributed by atoms with van der Waals surface area (Å²) < 4.78 is 1.57. The highest BCUT2D eigenvalue weighted by Crippen LogP contribution is 2.11. The largest absolute Gasteiger partial charge is 0.411 e. The Morgan fingerprint density at radius 3 is 2.69 bits per heavy atom. The fraction of sp³-hybridized carbons (Fsp3) is 0.500. The number of carbonyl (C=O) groups excluding carboxylic acids is 1. The van der Waals surface area contributed by atoms with E-state index in [9.17, 15) is 4.79 Å². The number of likely N-dealkylation sites (tertiary alicyclic amines) is 1. The first-order valence-corrected chi connectivity index (χ1v) is 5.19. The molecular weight excluding hydrogens is 208 g/mol. The fourth-order valence-corrected chi connectivity index (χ4v) is 1.81. The standard InChI is InChI=1S/C10H14N4O2/c1-13-9(2-5-11-13)10(15)14-6-3-8(12-16)4-7-14/h2,5,16H,3-4,6-7H2,1H3. The van der Waals surface area contributed by atoms with Crippen LogP contribution in [0.25, 0.3) is 0 Å². The van der Waals surface area contributed by atoms with Gasteiger partial charge >= 0.3 is 0 Å². The van der Waals surface area contributed by atoms with Gasteiger partial charge in [-0.05, 0) is 6.07 Å². The molecule has 0 aliphatic carbocycles. The van der Waals surface area contributed by atoms with Crippen LogP contribution in [0.1, 0.15) is 23.3 Å². The van der Waals surface area contributed by atoms with Gasteiger partial charge in [0.15, 0.2) is 0 Å². The Kier molecular flexibility index (Phi) is 2.89. The van der Waals surface area contributed by atoms with Crippen LogP contribution < -0.4 is 0 Å². The molecule has 1 aromatic rings. The van der Waals surface area contributed by atoms with E-state index >= 15 is 0 Å². The molecule has 0 aromatic carbocycles. The van der Waals surface area contributed by atoms with Gasteiger partial charge < -0.3 is 10.1 Å². The van der Waals surface area contributed by atoms with Crippen LogP contribution in [0.5, 0.6) is 0 Å². The summed E-state index contributed by atoms with van der Waals surface area (Å²) in [6.45, 7) is 1.20. The van der Waals surface area contributed by atoms with Gasteiger partial charge in [-0.3, -0.25) is 9.48 Å². The zero-order chi connectivity index (χ0) is 11.5. The molecule has 2 rings (SSSR count). The first-order valence-electron chi connectivity index (χ1n) is 5.19. The molecule has 0 unspecified atom stereocenters. The molecule has 1 aliphatic heterocycles. The smallest absolute Gasteiger partial charge is 0.272 e. The van der Waals surface area contributed by atoms with Gasteiger partial charge in [-0.15, -0.1) is 0 Å². The third-order valence-electron chi connectivity index (χ3n) is 2.81. The van der Waals surface area contributed by atoms with Crippen molar-refractivity contribution >= 4 is 11.6 Å². The quantitative estimate of drug-likeness (QED) is 0.555. The van der Waals surface area contributed by atoms with Crippen LogP contribution in [0.2, 0.25) is 0 Å². The number of amides is 1. The van der Waals surface area contributed by atoms with Gasteiger partial charge in [-0.25, -0.2) is 0 Å². The van der Waals surface area contributed by atoms with Crippen LogP contribution in [-0.4, -0.2) is 44.6 Å². The van der Waals surface area contributed by atoms with Crippen LogP contribution in [0.4, 0.5) is 0 Å². The van der Waals surface area contributed by atoms with Gasteiger partial charge in [-0.2, -0.15) is 5.10 Å². The van der Waals surface area contributed by atoms with Crippen molar-refractivity contribution in [2.75, 3.05) is 13.1 Å². The summed E-state index contributed by atoms with van der Waals surface area (Å²) >= 11 is 0. The van der Waals surface area contributed by atoms with E-state index in [1.54, 1.807) is 28.9 Å². The molecule has 1 amide bonds. The Labute approximate surface area is 93.2 Å². The lowest BCUT2D eigenvalue weighted by molar-refractivity contribution is 0.0742. The van der Waals surface area contributed by atoms with E-state index in [2.05, 4.69) is 10.3 Å².